The van der Waals surface area contributed by atoms with Crippen LogP contribution >= 0.6 is 0 Å². The van der Waals surface area contributed by atoms with Gasteiger partial charge in [-0.15, -0.1) is 0 Å². The predicted octanol–water partition coefficient (Wildman–Crippen LogP) is 2.47. The lowest BCUT2D eigenvalue weighted by Gasteiger charge is -1.99. The molecular weight excluding hydrogens is 158 g/mol. The van der Waals surface area contributed by atoms with Gasteiger partial charge in [-0.1, -0.05) is 30.3 Å². The van der Waals surface area contributed by atoms with Gasteiger partial charge in [-0.3, -0.25) is 4.98 Å². The number of rotatable bonds is 2. The van der Waals surface area contributed by atoms with Crippen molar-refractivity contribution in [3.63, 3.8) is 0 Å². The molecule has 2 aromatic rings. The number of hydrogen-bond acceptors (Lipinski definition) is 1. The molecule has 2 rings (SSSR count). The van der Waals surface area contributed by atoms with Gasteiger partial charge >= 0.3 is 0 Å². The maximum Gasteiger partial charge on any atom is 0.0889 e. The van der Waals surface area contributed by atoms with Crippen LogP contribution in [0.3, 0.4) is 0 Å². The molecule has 0 atom stereocenters. The van der Waals surface area contributed by atoms with Crippen LogP contribution < -0.4 is 0 Å². The monoisotopic (exact) mass is 168 g/mol. The highest BCUT2D eigenvalue weighted by Crippen LogP contribution is 2.06. The van der Waals surface area contributed by atoms with Gasteiger partial charge in [0.25, 0.3) is 0 Å². The molecule has 1 aromatic heterocycles. The molecule has 0 saturated carbocycles. The smallest absolute Gasteiger partial charge is 0.0889 e. The Balaban J connectivity index is 2.16. The fourth-order valence-electron chi connectivity index (χ4n) is 1.29. The van der Waals surface area contributed by atoms with E-state index in [1.54, 1.807) is 6.20 Å². The Kier molecular flexibility index (Phi) is 2.37. The van der Waals surface area contributed by atoms with Crippen LogP contribution in [-0.2, 0) is 6.42 Å². The standard InChI is InChI=1S/C12H10N/c1-2-4-11(5-3-1)10-12-6-8-13-9-7-12/h1-8H,10H2. The normalized spacial score (nSPS) is 9.85. The fraction of sp³-hybridized carbons (Fsp3) is 0.0833. The lowest BCUT2D eigenvalue weighted by molar-refractivity contribution is 1.16. The Morgan fingerprint density at radius 3 is 2.54 bits per heavy atom. The van der Waals surface area contributed by atoms with Crippen molar-refractivity contribution in [2.45, 2.75) is 6.42 Å². The number of nitrogens with zero attached hydrogens (tertiary/aromatic N) is 1. The zero-order valence-corrected chi connectivity index (χ0v) is 7.27. The first-order valence-electron chi connectivity index (χ1n) is 4.30. The van der Waals surface area contributed by atoms with Crippen molar-refractivity contribution in [2.24, 2.45) is 0 Å². The molecule has 1 heteroatoms. The van der Waals surface area contributed by atoms with Crippen molar-refractivity contribution in [3.05, 3.63) is 66.0 Å². The van der Waals surface area contributed by atoms with Gasteiger partial charge in [-0.05, 0) is 29.7 Å². The average molecular weight is 168 g/mol. The molecular formula is C12H10N. The van der Waals surface area contributed by atoms with E-state index in [0.29, 0.717) is 0 Å². The summed E-state index contributed by atoms with van der Waals surface area (Å²) in [5.74, 6) is 0. The van der Waals surface area contributed by atoms with Crippen LogP contribution in [0.1, 0.15) is 11.1 Å². The second-order valence-electron chi connectivity index (χ2n) is 2.96. The van der Waals surface area contributed by atoms with Crippen LogP contribution in [0.2, 0.25) is 0 Å². The van der Waals surface area contributed by atoms with Crippen molar-refractivity contribution in [1.82, 2.24) is 4.98 Å². The molecule has 0 aliphatic rings. The molecule has 0 unspecified atom stereocenters. The molecule has 0 aliphatic carbocycles. The van der Waals surface area contributed by atoms with Gasteiger partial charge in [0.15, 0.2) is 0 Å². The first-order chi connectivity index (χ1) is 6.45. The molecule has 1 nitrogen and oxygen atoms in total. The third-order valence-electron chi connectivity index (χ3n) is 1.94. The van der Waals surface area contributed by atoms with Crippen molar-refractivity contribution >= 4 is 0 Å². The molecule has 1 heterocycles. The summed E-state index contributed by atoms with van der Waals surface area (Å²) in [7, 11) is 0. The van der Waals surface area contributed by atoms with Gasteiger partial charge in [0.2, 0.25) is 0 Å². The highest BCUT2D eigenvalue weighted by Gasteiger charge is 1.93. The van der Waals surface area contributed by atoms with Crippen molar-refractivity contribution < 1.29 is 0 Å². The van der Waals surface area contributed by atoms with E-state index in [1.807, 2.05) is 18.2 Å². The molecule has 0 aliphatic heterocycles. The summed E-state index contributed by atoms with van der Waals surface area (Å²) in [5, 5.41) is 0. The van der Waals surface area contributed by atoms with E-state index >= 15 is 0 Å². The summed E-state index contributed by atoms with van der Waals surface area (Å²) in [5.41, 5.74) is 2.57. The minimum atomic E-state index is 0.958. The third-order valence-corrected chi connectivity index (χ3v) is 1.94. The summed E-state index contributed by atoms with van der Waals surface area (Å²) < 4.78 is 0. The zero-order chi connectivity index (χ0) is 8.93. The first-order valence-corrected chi connectivity index (χ1v) is 4.30. The van der Waals surface area contributed by atoms with Gasteiger partial charge in [0.05, 0.1) is 6.20 Å². The van der Waals surface area contributed by atoms with Gasteiger partial charge in [-0.25, -0.2) is 0 Å². The van der Waals surface area contributed by atoms with Crippen LogP contribution in [0.5, 0.6) is 0 Å². The molecule has 0 amide bonds. The van der Waals surface area contributed by atoms with E-state index < -0.39 is 0 Å². The summed E-state index contributed by atoms with van der Waals surface area (Å²) in [6, 6.07) is 14.3. The topological polar surface area (TPSA) is 12.9 Å². The Bertz CT molecular complexity index is 316. The zero-order valence-electron chi connectivity index (χ0n) is 7.27. The molecule has 0 spiro atoms. The van der Waals surface area contributed by atoms with Crippen molar-refractivity contribution in [1.29, 1.82) is 0 Å². The Hall–Kier alpha value is -1.63. The predicted molar refractivity (Wildman–Crippen MR) is 52.3 cm³/mol. The Labute approximate surface area is 78.1 Å². The number of aromatic nitrogens is 1. The number of benzene rings is 1. The molecule has 63 valence electrons. The molecule has 0 saturated heterocycles. The van der Waals surface area contributed by atoms with Gasteiger partial charge in [0, 0.05) is 6.20 Å². The Morgan fingerprint density at radius 1 is 1.00 bits per heavy atom. The highest BCUT2D eigenvalue weighted by molar-refractivity contribution is 5.23. The van der Waals surface area contributed by atoms with Crippen LogP contribution in [0.4, 0.5) is 0 Å². The minimum Gasteiger partial charge on any atom is -0.255 e. The van der Waals surface area contributed by atoms with Crippen LogP contribution in [0, 0.1) is 6.20 Å². The molecule has 0 fully saturated rings. The lowest BCUT2D eigenvalue weighted by atomic mass is 10.1. The number of pyridine rings is 1. The van der Waals surface area contributed by atoms with Gasteiger partial charge in [-0.2, -0.15) is 0 Å². The van der Waals surface area contributed by atoms with Gasteiger partial charge < -0.3 is 0 Å². The van der Waals surface area contributed by atoms with Crippen LogP contribution in [0.15, 0.2) is 48.7 Å². The summed E-state index contributed by atoms with van der Waals surface area (Å²) in [6.07, 6.45) is 5.57. The molecule has 0 bridgehead atoms. The fourth-order valence-corrected chi connectivity index (χ4v) is 1.29. The van der Waals surface area contributed by atoms with Crippen LogP contribution in [0.25, 0.3) is 0 Å². The van der Waals surface area contributed by atoms with E-state index in [1.165, 1.54) is 11.1 Å². The van der Waals surface area contributed by atoms with E-state index in [0.717, 1.165) is 6.42 Å². The largest absolute Gasteiger partial charge is 0.255 e. The molecule has 1 aromatic carbocycles. The van der Waals surface area contributed by atoms with Crippen molar-refractivity contribution in [2.75, 3.05) is 0 Å². The van der Waals surface area contributed by atoms with Crippen LogP contribution in [-0.4, -0.2) is 4.98 Å². The SMILES string of the molecule is [c]1cc(Cc2ccccc2)ccn1. The quantitative estimate of drug-likeness (QED) is 0.671. The van der Waals surface area contributed by atoms with Crippen molar-refractivity contribution in [3.8, 4) is 0 Å². The number of hydrogen-bond donors (Lipinski definition) is 0. The highest BCUT2D eigenvalue weighted by atomic mass is 14.6. The second-order valence-corrected chi connectivity index (χ2v) is 2.96. The summed E-state index contributed by atoms with van der Waals surface area (Å²) >= 11 is 0. The van der Waals surface area contributed by atoms with E-state index in [-0.39, 0.29) is 0 Å². The van der Waals surface area contributed by atoms with E-state index in [9.17, 15) is 0 Å². The first kappa shape index (κ1) is 7.99. The lowest BCUT2D eigenvalue weighted by Crippen LogP contribution is -1.87. The van der Waals surface area contributed by atoms with E-state index in [2.05, 4.69) is 35.4 Å². The molecule has 1 radical (unpaired) electrons. The average Bonchev–Trinajstić information content (AvgIpc) is 2.21. The summed E-state index contributed by atoms with van der Waals surface area (Å²) in [4.78, 5) is 3.86. The molecule has 13 heavy (non-hydrogen) atoms. The molecule has 0 N–H and O–H groups in total. The minimum absolute atomic E-state index is 0.958. The van der Waals surface area contributed by atoms with E-state index in [4.69, 9.17) is 0 Å². The third kappa shape index (κ3) is 2.15. The Morgan fingerprint density at radius 2 is 1.85 bits per heavy atom. The summed E-state index contributed by atoms with van der Waals surface area (Å²) in [6.45, 7) is 0. The maximum absolute atomic E-state index is 3.86. The van der Waals surface area contributed by atoms with Gasteiger partial charge in [0.1, 0.15) is 0 Å². The second kappa shape index (κ2) is 3.85. The maximum atomic E-state index is 3.86.